The van der Waals surface area contributed by atoms with E-state index in [-0.39, 0.29) is 5.75 Å². The summed E-state index contributed by atoms with van der Waals surface area (Å²) in [5, 5.41) is 13.3. The molecule has 0 aliphatic heterocycles. The fraction of sp³-hybridized carbons (Fsp3) is 0.0909. The second kappa shape index (κ2) is 4.09. The molecule has 5 heteroatoms. The summed E-state index contributed by atoms with van der Waals surface area (Å²) in [6.45, 7) is 0. The van der Waals surface area contributed by atoms with Crippen molar-refractivity contribution >= 4 is 22.2 Å². The highest BCUT2D eigenvalue weighted by Gasteiger charge is 2.14. The van der Waals surface area contributed by atoms with Gasteiger partial charge in [-0.25, -0.2) is 0 Å². The summed E-state index contributed by atoms with van der Waals surface area (Å²) in [4.78, 5) is 10.7. The average Bonchev–Trinajstić information content (AvgIpc) is 2.56. The molecule has 0 aliphatic rings. The Morgan fingerprint density at radius 1 is 1.38 bits per heavy atom. The van der Waals surface area contributed by atoms with Crippen LogP contribution in [-0.4, -0.2) is 21.2 Å². The van der Waals surface area contributed by atoms with Gasteiger partial charge in [0, 0.05) is 12.6 Å². The third-order valence-corrected chi connectivity index (χ3v) is 3.05. The number of aromatic hydroxyl groups is 1. The van der Waals surface area contributed by atoms with Crippen molar-refractivity contribution in [1.29, 1.82) is 0 Å². The molecule has 0 bridgehead atoms. The van der Waals surface area contributed by atoms with Gasteiger partial charge in [0.05, 0.1) is 10.2 Å². The molecule has 0 radical (unpaired) electrons. The first-order chi connectivity index (χ1) is 7.63. The molecule has 0 amide bonds. The molecule has 1 N–H and O–H groups in total. The number of carbonyl (C=O) groups excluding carboxylic acids is 1. The van der Waals surface area contributed by atoms with Crippen LogP contribution in [0.2, 0.25) is 0 Å². The van der Waals surface area contributed by atoms with Gasteiger partial charge >= 0.3 is 0 Å². The minimum Gasteiger partial charge on any atom is -0.508 e. The van der Waals surface area contributed by atoms with Crippen molar-refractivity contribution in [3.8, 4) is 17.0 Å². The predicted molar refractivity (Wildman–Crippen MR) is 63.4 cm³/mol. The third kappa shape index (κ3) is 1.74. The second-order valence-electron chi connectivity index (χ2n) is 3.34. The predicted octanol–water partition coefficient (Wildman–Crippen LogP) is 2.37. The first-order valence-electron chi connectivity index (χ1n) is 4.60. The molecule has 0 saturated heterocycles. The Balaban J connectivity index is 2.59. The van der Waals surface area contributed by atoms with Gasteiger partial charge in [0.15, 0.2) is 6.29 Å². The number of aromatic nitrogens is 2. The molecule has 1 aromatic heterocycles. The summed E-state index contributed by atoms with van der Waals surface area (Å²) >= 11 is 3.34. The van der Waals surface area contributed by atoms with Gasteiger partial charge in [-0.05, 0) is 40.2 Å². The van der Waals surface area contributed by atoms with Crippen LogP contribution in [0.4, 0.5) is 0 Å². The van der Waals surface area contributed by atoms with E-state index < -0.39 is 0 Å². The number of nitrogens with zero attached hydrogens (tertiary/aromatic N) is 2. The van der Waals surface area contributed by atoms with Crippen LogP contribution in [0.5, 0.6) is 5.75 Å². The number of hydrogen-bond donors (Lipinski definition) is 1. The molecule has 82 valence electrons. The minimum absolute atomic E-state index is 0.206. The molecule has 0 unspecified atom stereocenters. The molecule has 2 aromatic rings. The van der Waals surface area contributed by atoms with Crippen molar-refractivity contribution in [3.05, 3.63) is 34.4 Å². The molecule has 0 saturated carbocycles. The van der Waals surface area contributed by atoms with Crippen molar-refractivity contribution in [1.82, 2.24) is 9.78 Å². The molecule has 1 aromatic carbocycles. The van der Waals surface area contributed by atoms with Crippen LogP contribution >= 0.6 is 15.9 Å². The molecule has 0 fully saturated rings. The van der Waals surface area contributed by atoms with Crippen LogP contribution in [-0.2, 0) is 7.05 Å². The van der Waals surface area contributed by atoms with E-state index >= 15 is 0 Å². The van der Waals surface area contributed by atoms with Crippen LogP contribution < -0.4 is 0 Å². The smallest absolute Gasteiger partial charge is 0.171 e. The Kier molecular flexibility index (Phi) is 2.78. The highest BCUT2D eigenvalue weighted by Crippen LogP contribution is 2.30. The van der Waals surface area contributed by atoms with Gasteiger partial charge in [-0.15, -0.1) is 0 Å². The monoisotopic (exact) mass is 280 g/mol. The van der Waals surface area contributed by atoms with Crippen LogP contribution in [0.3, 0.4) is 0 Å². The molecular weight excluding hydrogens is 272 g/mol. The summed E-state index contributed by atoms with van der Waals surface area (Å²) in [7, 11) is 1.76. The van der Waals surface area contributed by atoms with Gasteiger partial charge in [-0.2, -0.15) is 5.10 Å². The zero-order chi connectivity index (χ0) is 11.7. The minimum atomic E-state index is 0.206. The quantitative estimate of drug-likeness (QED) is 0.860. The van der Waals surface area contributed by atoms with Crippen molar-refractivity contribution in [2.24, 2.45) is 7.05 Å². The molecule has 4 nitrogen and oxygen atoms in total. The first kappa shape index (κ1) is 10.9. The summed E-state index contributed by atoms with van der Waals surface area (Å²) in [6, 6.07) is 6.72. The van der Waals surface area contributed by atoms with E-state index in [1.807, 2.05) is 0 Å². The number of aldehydes is 1. The normalized spacial score (nSPS) is 10.4. The lowest BCUT2D eigenvalue weighted by Gasteiger charge is -2.02. The molecule has 0 spiro atoms. The Bertz CT molecular complexity index is 532. The molecule has 16 heavy (non-hydrogen) atoms. The molecular formula is C11H9BrN2O2. The average molecular weight is 281 g/mol. The number of halogens is 1. The zero-order valence-corrected chi connectivity index (χ0v) is 10.1. The maximum Gasteiger partial charge on any atom is 0.171 e. The first-order valence-corrected chi connectivity index (χ1v) is 5.40. The van der Waals surface area contributed by atoms with Gasteiger partial charge in [0.25, 0.3) is 0 Å². The van der Waals surface area contributed by atoms with Gasteiger partial charge < -0.3 is 5.11 Å². The van der Waals surface area contributed by atoms with E-state index in [1.165, 1.54) is 0 Å². The van der Waals surface area contributed by atoms with Crippen molar-refractivity contribution in [2.45, 2.75) is 0 Å². The van der Waals surface area contributed by atoms with Gasteiger partial charge in [0.1, 0.15) is 11.4 Å². The second-order valence-corrected chi connectivity index (χ2v) is 4.13. The molecule has 0 aliphatic carbocycles. The van der Waals surface area contributed by atoms with E-state index in [1.54, 1.807) is 36.0 Å². The molecule has 1 heterocycles. The van der Waals surface area contributed by atoms with E-state index in [0.29, 0.717) is 16.5 Å². The Morgan fingerprint density at radius 2 is 2.00 bits per heavy atom. The van der Waals surface area contributed by atoms with E-state index in [4.69, 9.17) is 0 Å². The zero-order valence-electron chi connectivity index (χ0n) is 8.51. The SMILES string of the molecule is Cn1nc(C=O)c(Br)c1-c1ccc(O)cc1. The highest BCUT2D eigenvalue weighted by atomic mass is 79.9. The topological polar surface area (TPSA) is 55.1 Å². The van der Waals surface area contributed by atoms with Crippen molar-refractivity contribution in [2.75, 3.05) is 0 Å². The number of benzene rings is 1. The van der Waals surface area contributed by atoms with E-state index in [9.17, 15) is 9.90 Å². The maximum atomic E-state index is 10.7. The van der Waals surface area contributed by atoms with E-state index in [0.717, 1.165) is 11.3 Å². The fourth-order valence-electron chi connectivity index (χ4n) is 1.53. The lowest BCUT2D eigenvalue weighted by atomic mass is 10.1. The Morgan fingerprint density at radius 3 is 2.50 bits per heavy atom. The number of aryl methyl sites for hydroxylation is 1. The van der Waals surface area contributed by atoms with Crippen LogP contribution in [0, 0.1) is 0 Å². The van der Waals surface area contributed by atoms with Gasteiger partial charge in [-0.3, -0.25) is 9.48 Å². The fourth-order valence-corrected chi connectivity index (χ4v) is 2.19. The Hall–Kier alpha value is -1.62. The van der Waals surface area contributed by atoms with Crippen molar-refractivity contribution < 1.29 is 9.90 Å². The standard InChI is InChI=1S/C11H9BrN2O2/c1-14-11(10(12)9(6-15)13-14)7-2-4-8(16)5-3-7/h2-6,16H,1H3. The number of rotatable bonds is 2. The summed E-state index contributed by atoms with van der Waals surface area (Å²) < 4.78 is 2.29. The van der Waals surface area contributed by atoms with Crippen molar-refractivity contribution in [3.63, 3.8) is 0 Å². The third-order valence-electron chi connectivity index (χ3n) is 2.27. The molecule has 0 atom stereocenters. The van der Waals surface area contributed by atoms with Crippen LogP contribution in [0.1, 0.15) is 10.5 Å². The number of phenols is 1. The van der Waals surface area contributed by atoms with Crippen LogP contribution in [0.25, 0.3) is 11.3 Å². The van der Waals surface area contributed by atoms with E-state index in [2.05, 4.69) is 21.0 Å². The number of carbonyl (C=O) groups is 1. The van der Waals surface area contributed by atoms with Gasteiger partial charge in [0.2, 0.25) is 0 Å². The largest absolute Gasteiger partial charge is 0.508 e. The summed E-state index contributed by atoms with van der Waals surface area (Å²) in [5.41, 5.74) is 2.06. The Labute approximate surface area is 101 Å². The lowest BCUT2D eigenvalue weighted by Crippen LogP contribution is -1.94. The van der Waals surface area contributed by atoms with Crippen LogP contribution in [0.15, 0.2) is 28.7 Å². The summed E-state index contributed by atoms with van der Waals surface area (Å²) in [6.07, 6.45) is 0.702. The summed E-state index contributed by atoms with van der Waals surface area (Å²) in [5.74, 6) is 0.206. The number of hydrogen-bond acceptors (Lipinski definition) is 3. The lowest BCUT2D eigenvalue weighted by molar-refractivity contribution is 0.111. The van der Waals surface area contributed by atoms with Gasteiger partial charge in [-0.1, -0.05) is 0 Å². The molecule has 2 rings (SSSR count). The number of phenolic OH excluding ortho intramolecular Hbond substituents is 1. The highest BCUT2D eigenvalue weighted by molar-refractivity contribution is 9.10. The maximum absolute atomic E-state index is 10.7.